The molecule has 1 aliphatic rings. The predicted molar refractivity (Wildman–Crippen MR) is 67.6 cm³/mol. The highest BCUT2D eigenvalue weighted by Gasteiger charge is 2.23. The van der Waals surface area contributed by atoms with Crippen molar-refractivity contribution in [1.29, 1.82) is 0 Å². The molecule has 0 bridgehead atoms. The standard InChI is InChI=1S/C13H16N2O3/c1-14-12(13(17)18)9-3-5-10-8(7-9)4-6-11(16)15(10)2/h3,5,7,12,14H,4,6H2,1-2H3,(H,17,18). The minimum atomic E-state index is -0.905. The third kappa shape index (κ3) is 2.09. The van der Waals surface area contributed by atoms with Crippen molar-refractivity contribution in [3.8, 4) is 0 Å². The van der Waals surface area contributed by atoms with E-state index in [0.717, 1.165) is 11.3 Å². The molecule has 1 unspecified atom stereocenters. The van der Waals surface area contributed by atoms with E-state index in [4.69, 9.17) is 5.11 Å². The van der Waals surface area contributed by atoms with Gasteiger partial charge in [-0.1, -0.05) is 12.1 Å². The quantitative estimate of drug-likeness (QED) is 0.835. The normalized spacial score (nSPS) is 16.3. The van der Waals surface area contributed by atoms with Gasteiger partial charge in [-0.05, 0) is 30.7 Å². The Morgan fingerprint density at radius 1 is 1.44 bits per heavy atom. The van der Waals surface area contributed by atoms with Crippen LogP contribution in [0, 0.1) is 0 Å². The first kappa shape index (κ1) is 12.6. The zero-order valence-electron chi connectivity index (χ0n) is 10.4. The SMILES string of the molecule is CNC(C(=O)O)c1ccc2c(c1)CCC(=O)N2C. The smallest absolute Gasteiger partial charge is 0.325 e. The Morgan fingerprint density at radius 2 is 2.17 bits per heavy atom. The van der Waals surface area contributed by atoms with Crippen LogP contribution in [0.1, 0.15) is 23.6 Å². The Balaban J connectivity index is 2.39. The average molecular weight is 248 g/mol. The summed E-state index contributed by atoms with van der Waals surface area (Å²) in [5.74, 6) is -0.809. The molecule has 5 nitrogen and oxygen atoms in total. The van der Waals surface area contributed by atoms with Crippen LogP contribution in [0.2, 0.25) is 0 Å². The molecule has 1 heterocycles. The van der Waals surface area contributed by atoms with Gasteiger partial charge < -0.3 is 15.3 Å². The first-order valence-corrected chi connectivity index (χ1v) is 5.84. The number of benzene rings is 1. The molecule has 1 aliphatic heterocycles. The molecule has 0 fully saturated rings. The van der Waals surface area contributed by atoms with Crippen molar-refractivity contribution in [3.05, 3.63) is 29.3 Å². The number of carboxylic acids is 1. The molecule has 1 aromatic carbocycles. The van der Waals surface area contributed by atoms with Crippen molar-refractivity contribution in [2.75, 3.05) is 19.0 Å². The maximum Gasteiger partial charge on any atom is 0.325 e. The number of rotatable bonds is 3. The van der Waals surface area contributed by atoms with E-state index in [1.54, 1.807) is 25.1 Å². The molecular weight excluding hydrogens is 232 g/mol. The van der Waals surface area contributed by atoms with Gasteiger partial charge in [0.25, 0.3) is 0 Å². The van der Waals surface area contributed by atoms with E-state index in [9.17, 15) is 9.59 Å². The maximum absolute atomic E-state index is 11.6. The summed E-state index contributed by atoms with van der Waals surface area (Å²) >= 11 is 0. The molecule has 5 heteroatoms. The molecule has 2 N–H and O–H groups in total. The fraction of sp³-hybridized carbons (Fsp3) is 0.385. The topological polar surface area (TPSA) is 69.6 Å². The largest absolute Gasteiger partial charge is 0.480 e. The number of aliphatic carboxylic acids is 1. The van der Waals surface area contributed by atoms with Gasteiger partial charge in [-0.15, -0.1) is 0 Å². The van der Waals surface area contributed by atoms with Gasteiger partial charge in [0.2, 0.25) is 5.91 Å². The summed E-state index contributed by atoms with van der Waals surface area (Å²) in [6.07, 6.45) is 1.15. The van der Waals surface area contributed by atoms with Crippen molar-refractivity contribution < 1.29 is 14.7 Å². The molecule has 2 rings (SSSR count). The molecule has 0 saturated heterocycles. The highest BCUT2D eigenvalue weighted by Crippen LogP contribution is 2.29. The summed E-state index contributed by atoms with van der Waals surface area (Å²) < 4.78 is 0. The Bertz CT molecular complexity index is 499. The molecule has 1 aromatic rings. The van der Waals surface area contributed by atoms with E-state index in [2.05, 4.69) is 5.32 Å². The number of nitrogens with zero attached hydrogens (tertiary/aromatic N) is 1. The summed E-state index contributed by atoms with van der Waals surface area (Å²) in [5.41, 5.74) is 2.61. The Labute approximate surface area is 105 Å². The number of hydrogen-bond donors (Lipinski definition) is 2. The van der Waals surface area contributed by atoms with Crippen LogP contribution < -0.4 is 10.2 Å². The molecular formula is C13H16N2O3. The third-order valence-electron chi connectivity index (χ3n) is 3.32. The summed E-state index contributed by atoms with van der Waals surface area (Å²) in [4.78, 5) is 24.3. The molecule has 0 spiro atoms. The van der Waals surface area contributed by atoms with Crippen LogP contribution >= 0.6 is 0 Å². The van der Waals surface area contributed by atoms with Crippen molar-refractivity contribution in [3.63, 3.8) is 0 Å². The molecule has 0 aliphatic carbocycles. The molecule has 18 heavy (non-hydrogen) atoms. The van der Waals surface area contributed by atoms with E-state index in [0.29, 0.717) is 18.4 Å². The van der Waals surface area contributed by atoms with Crippen LogP contribution in [0.4, 0.5) is 5.69 Å². The number of likely N-dealkylation sites (N-methyl/N-ethyl adjacent to an activating group) is 1. The molecule has 96 valence electrons. The third-order valence-corrected chi connectivity index (χ3v) is 3.32. The number of hydrogen-bond acceptors (Lipinski definition) is 3. The van der Waals surface area contributed by atoms with Crippen LogP contribution in [0.15, 0.2) is 18.2 Å². The minimum absolute atomic E-state index is 0.0960. The van der Waals surface area contributed by atoms with Gasteiger partial charge in [-0.3, -0.25) is 9.59 Å². The lowest BCUT2D eigenvalue weighted by atomic mass is 9.96. The summed E-state index contributed by atoms with van der Waals surface area (Å²) in [5, 5.41) is 11.9. The van der Waals surface area contributed by atoms with Crippen molar-refractivity contribution in [2.45, 2.75) is 18.9 Å². The Morgan fingerprint density at radius 3 is 2.78 bits per heavy atom. The molecule has 1 atom stereocenters. The fourth-order valence-corrected chi connectivity index (χ4v) is 2.29. The maximum atomic E-state index is 11.6. The lowest BCUT2D eigenvalue weighted by Gasteiger charge is -2.26. The van der Waals surface area contributed by atoms with Crippen LogP contribution in [-0.2, 0) is 16.0 Å². The van der Waals surface area contributed by atoms with E-state index >= 15 is 0 Å². The van der Waals surface area contributed by atoms with Gasteiger partial charge in [0.1, 0.15) is 6.04 Å². The first-order valence-electron chi connectivity index (χ1n) is 5.84. The number of fused-ring (bicyclic) bond motifs is 1. The van der Waals surface area contributed by atoms with E-state index in [1.165, 1.54) is 0 Å². The monoisotopic (exact) mass is 248 g/mol. The van der Waals surface area contributed by atoms with Crippen LogP contribution in [0.5, 0.6) is 0 Å². The summed E-state index contributed by atoms with van der Waals surface area (Å²) in [6, 6.07) is 4.73. The lowest BCUT2D eigenvalue weighted by molar-refractivity contribution is -0.139. The van der Waals surface area contributed by atoms with E-state index < -0.39 is 12.0 Å². The number of nitrogens with one attached hydrogen (secondary N) is 1. The van der Waals surface area contributed by atoms with E-state index in [-0.39, 0.29) is 5.91 Å². The first-order chi connectivity index (χ1) is 8.54. The van der Waals surface area contributed by atoms with Crippen LogP contribution in [0.3, 0.4) is 0 Å². The molecule has 1 amide bonds. The number of anilines is 1. The van der Waals surface area contributed by atoms with Gasteiger partial charge in [0.15, 0.2) is 0 Å². The second-order valence-corrected chi connectivity index (χ2v) is 4.40. The minimum Gasteiger partial charge on any atom is -0.480 e. The van der Waals surface area contributed by atoms with Crippen molar-refractivity contribution in [2.24, 2.45) is 0 Å². The van der Waals surface area contributed by atoms with E-state index in [1.807, 2.05) is 12.1 Å². The Kier molecular flexibility index (Phi) is 3.34. The highest BCUT2D eigenvalue weighted by molar-refractivity contribution is 5.96. The van der Waals surface area contributed by atoms with Gasteiger partial charge in [-0.2, -0.15) is 0 Å². The summed E-state index contributed by atoms with van der Waals surface area (Å²) in [6.45, 7) is 0. The zero-order valence-corrected chi connectivity index (χ0v) is 10.4. The number of carbonyl (C=O) groups excluding carboxylic acids is 1. The second-order valence-electron chi connectivity index (χ2n) is 4.40. The lowest BCUT2D eigenvalue weighted by Crippen LogP contribution is -2.31. The number of carboxylic acid groups (broad SMARTS) is 1. The van der Waals surface area contributed by atoms with Crippen LogP contribution in [0.25, 0.3) is 0 Å². The van der Waals surface area contributed by atoms with Crippen LogP contribution in [-0.4, -0.2) is 31.1 Å². The van der Waals surface area contributed by atoms with Crippen molar-refractivity contribution in [1.82, 2.24) is 5.32 Å². The van der Waals surface area contributed by atoms with Gasteiger partial charge in [0, 0.05) is 19.2 Å². The zero-order chi connectivity index (χ0) is 13.3. The Hall–Kier alpha value is -1.88. The molecule has 0 aromatic heterocycles. The van der Waals surface area contributed by atoms with Gasteiger partial charge >= 0.3 is 5.97 Å². The fourth-order valence-electron chi connectivity index (χ4n) is 2.29. The summed E-state index contributed by atoms with van der Waals surface area (Å²) in [7, 11) is 3.36. The molecule has 0 saturated carbocycles. The number of aryl methyl sites for hydroxylation is 1. The molecule has 0 radical (unpaired) electrons. The van der Waals surface area contributed by atoms with Gasteiger partial charge in [0.05, 0.1) is 0 Å². The highest BCUT2D eigenvalue weighted by atomic mass is 16.4. The van der Waals surface area contributed by atoms with Gasteiger partial charge in [-0.25, -0.2) is 0 Å². The number of amides is 1. The number of carbonyl (C=O) groups is 2. The second kappa shape index (κ2) is 4.78. The van der Waals surface area contributed by atoms with Crippen molar-refractivity contribution >= 4 is 17.6 Å². The predicted octanol–water partition coefficient (Wildman–Crippen LogP) is 0.941. The average Bonchev–Trinajstić information content (AvgIpc) is 2.34.